The SMILES string of the molecule is O=S(=O)(c1ccc(C(F)(F)F)cc1)N1CCN(Cc2noc3c2CCCC3)CC1. The maximum Gasteiger partial charge on any atom is 0.416 e. The van der Waals surface area contributed by atoms with Crippen LogP contribution in [0.5, 0.6) is 0 Å². The Morgan fingerprint density at radius 1 is 1.00 bits per heavy atom. The summed E-state index contributed by atoms with van der Waals surface area (Å²) < 4.78 is 70.4. The first-order valence-electron chi connectivity index (χ1n) is 9.61. The van der Waals surface area contributed by atoms with Gasteiger partial charge in [-0.05, 0) is 43.5 Å². The predicted molar refractivity (Wildman–Crippen MR) is 98.6 cm³/mol. The van der Waals surface area contributed by atoms with E-state index in [0.717, 1.165) is 61.4 Å². The Labute approximate surface area is 167 Å². The molecule has 0 bridgehead atoms. The minimum absolute atomic E-state index is 0.121. The molecule has 1 aromatic heterocycles. The summed E-state index contributed by atoms with van der Waals surface area (Å²) in [6.45, 7) is 2.24. The summed E-state index contributed by atoms with van der Waals surface area (Å²) in [5, 5.41) is 4.19. The van der Waals surface area contributed by atoms with Crippen LogP contribution >= 0.6 is 0 Å². The second-order valence-electron chi connectivity index (χ2n) is 7.44. The molecule has 0 unspecified atom stereocenters. The van der Waals surface area contributed by atoms with Crippen molar-refractivity contribution in [3.63, 3.8) is 0 Å². The molecular weight excluding hydrogens is 407 g/mol. The summed E-state index contributed by atoms with van der Waals surface area (Å²) in [6.07, 6.45) is -0.366. The van der Waals surface area contributed by atoms with Crippen molar-refractivity contribution in [3.05, 3.63) is 46.8 Å². The molecule has 1 aliphatic heterocycles. The highest BCUT2D eigenvalue weighted by molar-refractivity contribution is 7.89. The molecule has 0 atom stereocenters. The van der Waals surface area contributed by atoms with Crippen molar-refractivity contribution in [1.82, 2.24) is 14.4 Å². The van der Waals surface area contributed by atoms with Gasteiger partial charge in [0.15, 0.2) is 0 Å². The van der Waals surface area contributed by atoms with E-state index in [-0.39, 0.29) is 18.0 Å². The highest BCUT2D eigenvalue weighted by Crippen LogP contribution is 2.30. The summed E-state index contributed by atoms with van der Waals surface area (Å²) in [5.41, 5.74) is 1.26. The normalized spacial score (nSPS) is 19.3. The van der Waals surface area contributed by atoms with Crippen LogP contribution in [0.25, 0.3) is 0 Å². The predicted octanol–water partition coefficient (Wildman–Crippen LogP) is 3.08. The van der Waals surface area contributed by atoms with E-state index in [1.165, 1.54) is 9.87 Å². The number of piperazine rings is 1. The van der Waals surface area contributed by atoms with Crippen molar-refractivity contribution in [1.29, 1.82) is 0 Å². The monoisotopic (exact) mass is 429 g/mol. The van der Waals surface area contributed by atoms with Gasteiger partial charge in [0, 0.05) is 44.7 Å². The fourth-order valence-electron chi connectivity index (χ4n) is 3.88. The van der Waals surface area contributed by atoms with Gasteiger partial charge in [-0.3, -0.25) is 4.90 Å². The zero-order valence-electron chi connectivity index (χ0n) is 15.8. The Morgan fingerprint density at radius 2 is 1.66 bits per heavy atom. The van der Waals surface area contributed by atoms with Gasteiger partial charge in [-0.1, -0.05) is 5.16 Å². The van der Waals surface area contributed by atoms with Crippen LogP contribution in [0, 0.1) is 0 Å². The topological polar surface area (TPSA) is 66.7 Å². The van der Waals surface area contributed by atoms with Crippen molar-refractivity contribution >= 4 is 10.0 Å². The van der Waals surface area contributed by atoms with Gasteiger partial charge < -0.3 is 4.52 Å². The molecule has 0 saturated carbocycles. The van der Waals surface area contributed by atoms with E-state index in [0.29, 0.717) is 19.6 Å². The smallest absolute Gasteiger partial charge is 0.361 e. The van der Waals surface area contributed by atoms with E-state index < -0.39 is 21.8 Å². The average Bonchev–Trinajstić information content (AvgIpc) is 3.11. The summed E-state index contributed by atoms with van der Waals surface area (Å²) in [7, 11) is -3.82. The largest absolute Gasteiger partial charge is 0.416 e. The Balaban J connectivity index is 1.39. The highest BCUT2D eigenvalue weighted by Gasteiger charge is 2.33. The summed E-state index contributed by atoms with van der Waals surface area (Å²) in [4.78, 5) is 2.01. The number of halogens is 3. The van der Waals surface area contributed by atoms with Crippen LogP contribution in [0.2, 0.25) is 0 Å². The lowest BCUT2D eigenvalue weighted by molar-refractivity contribution is -0.137. The van der Waals surface area contributed by atoms with Crippen LogP contribution in [-0.4, -0.2) is 49.0 Å². The van der Waals surface area contributed by atoms with Crippen molar-refractivity contribution < 1.29 is 26.1 Å². The average molecular weight is 429 g/mol. The molecule has 2 aliphatic rings. The molecule has 1 fully saturated rings. The molecule has 10 heteroatoms. The lowest BCUT2D eigenvalue weighted by Crippen LogP contribution is -2.48. The van der Waals surface area contributed by atoms with Gasteiger partial charge in [0.25, 0.3) is 0 Å². The number of fused-ring (bicyclic) bond motifs is 1. The maximum absolute atomic E-state index is 12.8. The molecule has 0 spiro atoms. The Hall–Kier alpha value is -1.91. The van der Waals surface area contributed by atoms with E-state index in [1.807, 2.05) is 0 Å². The molecule has 0 radical (unpaired) electrons. The molecule has 1 aromatic carbocycles. The van der Waals surface area contributed by atoms with E-state index in [4.69, 9.17) is 4.52 Å². The number of hydrogen-bond acceptors (Lipinski definition) is 5. The molecule has 2 aromatic rings. The van der Waals surface area contributed by atoms with Crippen LogP contribution in [0.15, 0.2) is 33.7 Å². The van der Waals surface area contributed by atoms with Crippen LogP contribution in [0.4, 0.5) is 13.2 Å². The first-order valence-corrected chi connectivity index (χ1v) is 11.1. The minimum Gasteiger partial charge on any atom is -0.361 e. The fraction of sp³-hybridized carbons (Fsp3) is 0.526. The molecule has 0 N–H and O–H groups in total. The molecular formula is C19H22F3N3O3S. The molecule has 2 heterocycles. The van der Waals surface area contributed by atoms with Gasteiger partial charge in [0.2, 0.25) is 10.0 Å². The summed E-state index contributed by atoms with van der Waals surface area (Å²) >= 11 is 0. The number of aryl methyl sites for hydroxylation is 1. The van der Waals surface area contributed by atoms with Gasteiger partial charge >= 0.3 is 6.18 Å². The molecule has 158 valence electrons. The number of benzene rings is 1. The van der Waals surface area contributed by atoms with Crippen molar-refractivity contribution in [3.8, 4) is 0 Å². The lowest BCUT2D eigenvalue weighted by atomic mass is 9.96. The first-order chi connectivity index (χ1) is 13.7. The van der Waals surface area contributed by atoms with Gasteiger partial charge in [-0.2, -0.15) is 17.5 Å². The Kier molecular flexibility index (Phi) is 5.43. The molecule has 1 aliphatic carbocycles. The standard InChI is InChI=1S/C19H22F3N3O3S/c20-19(21,22)14-5-7-15(8-6-14)29(26,27)25-11-9-24(10-12-25)13-17-16-3-1-2-4-18(16)28-23-17/h5-8H,1-4,9-13H2. The van der Waals surface area contributed by atoms with Crippen LogP contribution in [0.3, 0.4) is 0 Å². The van der Waals surface area contributed by atoms with Gasteiger partial charge in [0.05, 0.1) is 10.5 Å². The number of alkyl halides is 3. The second-order valence-corrected chi connectivity index (χ2v) is 9.38. The molecule has 0 amide bonds. The summed E-state index contributed by atoms with van der Waals surface area (Å²) in [5.74, 6) is 0.967. The number of aromatic nitrogens is 1. The Bertz CT molecular complexity index is 963. The second kappa shape index (κ2) is 7.73. The van der Waals surface area contributed by atoms with Gasteiger partial charge in [-0.15, -0.1) is 0 Å². The highest BCUT2D eigenvalue weighted by atomic mass is 32.2. The lowest BCUT2D eigenvalue weighted by Gasteiger charge is -2.33. The molecule has 4 rings (SSSR count). The Morgan fingerprint density at radius 3 is 2.31 bits per heavy atom. The molecule has 6 nitrogen and oxygen atoms in total. The zero-order valence-corrected chi connectivity index (χ0v) is 16.6. The van der Waals surface area contributed by atoms with E-state index in [1.54, 1.807) is 0 Å². The van der Waals surface area contributed by atoms with Crippen LogP contribution < -0.4 is 0 Å². The number of hydrogen-bond donors (Lipinski definition) is 0. The third-order valence-corrected chi connectivity index (χ3v) is 7.47. The maximum atomic E-state index is 12.8. The number of nitrogens with zero attached hydrogens (tertiary/aromatic N) is 3. The van der Waals surface area contributed by atoms with Crippen molar-refractivity contribution in [2.24, 2.45) is 0 Å². The number of sulfonamides is 1. The number of rotatable bonds is 4. The van der Waals surface area contributed by atoms with E-state index >= 15 is 0 Å². The summed E-state index contributed by atoms with van der Waals surface area (Å²) in [6, 6.07) is 3.64. The van der Waals surface area contributed by atoms with Gasteiger partial charge in [-0.25, -0.2) is 8.42 Å². The third-order valence-electron chi connectivity index (χ3n) is 5.56. The van der Waals surface area contributed by atoms with Gasteiger partial charge in [0.1, 0.15) is 11.5 Å². The van der Waals surface area contributed by atoms with Crippen molar-refractivity contribution in [2.45, 2.75) is 43.3 Å². The molecule has 29 heavy (non-hydrogen) atoms. The zero-order chi connectivity index (χ0) is 20.6. The van der Waals surface area contributed by atoms with Crippen molar-refractivity contribution in [2.75, 3.05) is 26.2 Å². The van der Waals surface area contributed by atoms with E-state index in [9.17, 15) is 21.6 Å². The van der Waals surface area contributed by atoms with E-state index in [2.05, 4.69) is 10.1 Å². The molecule has 1 saturated heterocycles. The van der Waals surface area contributed by atoms with Crippen LogP contribution in [0.1, 0.15) is 35.4 Å². The third kappa shape index (κ3) is 4.19. The minimum atomic E-state index is -4.49. The first kappa shape index (κ1) is 20.4. The fourth-order valence-corrected chi connectivity index (χ4v) is 5.30. The van der Waals surface area contributed by atoms with Crippen LogP contribution in [-0.2, 0) is 35.6 Å². The quantitative estimate of drug-likeness (QED) is 0.747.